The molecule has 0 saturated carbocycles. The lowest BCUT2D eigenvalue weighted by Gasteiger charge is -2.20. The second kappa shape index (κ2) is 3.51. The van der Waals surface area contributed by atoms with E-state index in [4.69, 9.17) is 0 Å². The molecule has 1 atom stereocenters. The van der Waals surface area contributed by atoms with Gasteiger partial charge in [0.05, 0.1) is 0 Å². The van der Waals surface area contributed by atoms with Gasteiger partial charge in [-0.3, -0.25) is 0 Å². The third-order valence-electron chi connectivity index (χ3n) is 0.975. The average Bonchev–Trinajstić information content (AvgIpc) is 1.80. The fourth-order valence-electron chi connectivity index (χ4n) is 0.456. The first-order chi connectivity index (χ1) is 5.19. The smallest absolute Gasteiger partial charge is 0.238 e. The Morgan fingerprint density at radius 3 is 1.83 bits per heavy atom. The van der Waals surface area contributed by atoms with Gasteiger partial charge in [-0.1, -0.05) is 6.92 Å². The number of rotatable bonds is 3. The zero-order chi connectivity index (χ0) is 9.99. The summed E-state index contributed by atoms with van der Waals surface area (Å²) in [6, 6.07) is 0. The Morgan fingerprint density at radius 2 is 1.58 bits per heavy atom. The van der Waals surface area contributed by atoms with Crippen molar-refractivity contribution >= 4 is 0 Å². The Bertz CT molecular complexity index is 141. The maximum absolute atomic E-state index is 12.1. The first kappa shape index (κ1) is 11.5. The first-order valence-corrected chi connectivity index (χ1v) is 2.98. The molecule has 0 N–H and O–H groups in total. The second-order valence-corrected chi connectivity index (χ2v) is 1.99. The summed E-state index contributed by atoms with van der Waals surface area (Å²) in [6.07, 6.45) is -14.0. The molecule has 0 bridgehead atoms. The number of hydrogen-bond acceptors (Lipinski definition) is 1. The molecule has 0 aliphatic rings. The van der Waals surface area contributed by atoms with Gasteiger partial charge in [-0.05, 0) is 6.42 Å². The molecule has 1 nitrogen and oxygen atoms in total. The van der Waals surface area contributed by atoms with Crippen molar-refractivity contribution in [3.8, 4) is 0 Å². The largest absolute Gasteiger partial charge is 0.527 e. The fraction of sp³-hybridized carbons (Fsp3) is 1.00. The number of alkyl halides is 6. The highest BCUT2D eigenvalue weighted by Crippen LogP contribution is 2.32. The quantitative estimate of drug-likeness (QED) is 0.630. The third kappa shape index (κ3) is 3.80. The van der Waals surface area contributed by atoms with Crippen LogP contribution in [0.1, 0.15) is 13.3 Å². The predicted molar refractivity (Wildman–Crippen MR) is 27.3 cm³/mol. The highest BCUT2D eigenvalue weighted by atomic mass is 19.4. The van der Waals surface area contributed by atoms with Crippen molar-refractivity contribution in [2.45, 2.75) is 32.0 Å². The molecule has 0 aromatic rings. The van der Waals surface area contributed by atoms with E-state index in [-0.39, 0.29) is 0 Å². The summed E-state index contributed by atoms with van der Waals surface area (Å²) in [5.74, 6) is 0. The first-order valence-electron chi connectivity index (χ1n) is 2.98. The van der Waals surface area contributed by atoms with E-state index < -0.39 is 25.1 Å². The lowest BCUT2D eigenvalue weighted by atomic mass is 10.3. The number of hydrogen-bond donors (Lipinski definition) is 0. The molecule has 0 heterocycles. The van der Waals surface area contributed by atoms with E-state index in [2.05, 4.69) is 4.74 Å². The van der Waals surface area contributed by atoms with Crippen LogP contribution in [0.5, 0.6) is 0 Å². The molecule has 0 radical (unpaired) electrons. The Kier molecular flexibility index (Phi) is 3.37. The molecule has 0 aliphatic carbocycles. The van der Waals surface area contributed by atoms with E-state index in [9.17, 15) is 26.3 Å². The van der Waals surface area contributed by atoms with E-state index in [1.807, 2.05) is 0 Å². The standard InChI is InChI=1S/C5H6F6O/c1-2-3(6)4(7,8)12-5(9,10)11/h3H,2H2,1H3. The molecule has 0 rings (SSSR count). The van der Waals surface area contributed by atoms with Crippen molar-refractivity contribution in [2.24, 2.45) is 0 Å². The van der Waals surface area contributed by atoms with Crippen LogP contribution in [0.15, 0.2) is 0 Å². The van der Waals surface area contributed by atoms with Crippen LogP contribution >= 0.6 is 0 Å². The molecular formula is C5H6F6O. The average molecular weight is 196 g/mol. The van der Waals surface area contributed by atoms with Gasteiger partial charge in [-0.25, -0.2) is 9.13 Å². The van der Waals surface area contributed by atoms with E-state index in [1.165, 1.54) is 0 Å². The molecule has 0 aromatic heterocycles. The predicted octanol–water partition coefficient (Wildman–Crippen LogP) is 2.86. The maximum atomic E-state index is 12.1. The Balaban J connectivity index is 4.22. The highest BCUT2D eigenvalue weighted by molar-refractivity contribution is 4.65. The molecule has 12 heavy (non-hydrogen) atoms. The van der Waals surface area contributed by atoms with E-state index in [0.29, 0.717) is 0 Å². The SMILES string of the molecule is CCC(F)C(F)(F)OC(F)(F)F. The summed E-state index contributed by atoms with van der Waals surface area (Å²) in [7, 11) is 0. The van der Waals surface area contributed by atoms with Crippen molar-refractivity contribution in [1.29, 1.82) is 0 Å². The molecule has 0 spiro atoms. The van der Waals surface area contributed by atoms with Gasteiger partial charge < -0.3 is 0 Å². The lowest BCUT2D eigenvalue weighted by molar-refractivity contribution is -0.436. The van der Waals surface area contributed by atoms with Gasteiger partial charge in [0.25, 0.3) is 0 Å². The highest BCUT2D eigenvalue weighted by Gasteiger charge is 2.50. The van der Waals surface area contributed by atoms with Gasteiger partial charge >= 0.3 is 12.5 Å². The monoisotopic (exact) mass is 196 g/mol. The molecule has 7 heteroatoms. The van der Waals surface area contributed by atoms with E-state index >= 15 is 0 Å². The van der Waals surface area contributed by atoms with Crippen molar-refractivity contribution in [3.05, 3.63) is 0 Å². The number of halogens is 6. The van der Waals surface area contributed by atoms with Gasteiger partial charge in [0.2, 0.25) is 0 Å². The van der Waals surface area contributed by atoms with Crippen molar-refractivity contribution in [2.75, 3.05) is 0 Å². The Hall–Kier alpha value is -0.460. The van der Waals surface area contributed by atoms with Crippen LogP contribution in [0, 0.1) is 0 Å². The van der Waals surface area contributed by atoms with E-state index in [0.717, 1.165) is 6.92 Å². The van der Waals surface area contributed by atoms with Crippen LogP contribution in [0.25, 0.3) is 0 Å². The topological polar surface area (TPSA) is 9.23 Å². The van der Waals surface area contributed by atoms with Crippen molar-refractivity contribution in [1.82, 2.24) is 0 Å². The minimum absolute atomic E-state index is 0.747. The fourth-order valence-corrected chi connectivity index (χ4v) is 0.456. The van der Waals surface area contributed by atoms with E-state index in [1.54, 1.807) is 0 Å². The zero-order valence-corrected chi connectivity index (χ0v) is 5.96. The molecule has 0 fully saturated rings. The van der Waals surface area contributed by atoms with Gasteiger partial charge in [-0.2, -0.15) is 8.78 Å². The zero-order valence-electron chi connectivity index (χ0n) is 5.96. The minimum atomic E-state index is -5.52. The molecule has 0 aromatic carbocycles. The van der Waals surface area contributed by atoms with Crippen LogP contribution in [-0.4, -0.2) is 18.6 Å². The summed E-state index contributed by atoms with van der Waals surface area (Å²) in [6.45, 7) is 0.984. The second-order valence-electron chi connectivity index (χ2n) is 1.99. The molecule has 0 aliphatic heterocycles. The van der Waals surface area contributed by atoms with Crippen LogP contribution in [0.3, 0.4) is 0 Å². The lowest BCUT2D eigenvalue weighted by Crippen LogP contribution is -2.38. The third-order valence-corrected chi connectivity index (χ3v) is 0.975. The Labute approximate surface area is 64.3 Å². The molecule has 74 valence electrons. The minimum Gasteiger partial charge on any atom is -0.238 e. The number of ether oxygens (including phenoxy) is 1. The van der Waals surface area contributed by atoms with Gasteiger partial charge in [-0.15, -0.1) is 13.2 Å². The molecule has 1 unspecified atom stereocenters. The van der Waals surface area contributed by atoms with Gasteiger partial charge in [0.15, 0.2) is 6.17 Å². The summed E-state index contributed by atoms with van der Waals surface area (Å²) in [5.41, 5.74) is 0. The van der Waals surface area contributed by atoms with Crippen LogP contribution in [0.2, 0.25) is 0 Å². The van der Waals surface area contributed by atoms with Crippen LogP contribution in [-0.2, 0) is 4.74 Å². The molecule has 0 saturated heterocycles. The van der Waals surface area contributed by atoms with Crippen LogP contribution in [0.4, 0.5) is 26.3 Å². The maximum Gasteiger partial charge on any atom is 0.527 e. The molecular weight excluding hydrogens is 190 g/mol. The summed E-state index contributed by atoms with van der Waals surface area (Å²) in [5, 5.41) is 0. The van der Waals surface area contributed by atoms with Gasteiger partial charge in [0, 0.05) is 0 Å². The van der Waals surface area contributed by atoms with Crippen LogP contribution < -0.4 is 0 Å². The van der Waals surface area contributed by atoms with Gasteiger partial charge in [0.1, 0.15) is 0 Å². The Morgan fingerprint density at radius 1 is 1.17 bits per heavy atom. The van der Waals surface area contributed by atoms with Crippen molar-refractivity contribution < 1.29 is 31.1 Å². The normalized spacial score (nSPS) is 16.2. The molecule has 0 amide bonds. The summed E-state index contributed by atoms with van der Waals surface area (Å²) < 4.78 is 71.9. The van der Waals surface area contributed by atoms with Crippen molar-refractivity contribution in [3.63, 3.8) is 0 Å². The summed E-state index contributed by atoms with van der Waals surface area (Å²) in [4.78, 5) is 0. The summed E-state index contributed by atoms with van der Waals surface area (Å²) >= 11 is 0.